The monoisotopic (exact) mass is 643 g/mol. The van der Waals surface area contributed by atoms with Crippen molar-refractivity contribution in [3.63, 3.8) is 0 Å². The summed E-state index contributed by atoms with van der Waals surface area (Å²) in [6, 6.07) is 9.71. The van der Waals surface area contributed by atoms with E-state index < -0.39 is 5.97 Å². The molecule has 1 heterocycles. The molecule has 0 aromatic heterocycles. The highest BCUT2D eigenvalue weighted by Gasteiger charge is 2.27. The Bertz CT molecular complexity index is 1360. The molecule has 0 atom stereocenters. The second-order valence-corrected chi connectivity index (χ2v) is 9.38. The molecule has 29 heavy (non-hydrogen) atoms. The summed E-state index contributed by atoms with van der Waals surface area (Å²) in [5.41, 5.74) is 1.44. The van der Waals surface area contributed by atoms with Crippen LogP contribution in [-0.2, 0) is 5.11 Å². The van der Waals surface area contributed by atoms with Crippen LogP contribution >= 0.6 is 63.7 Å². The standard InChI is InChI=1S/C20H7Br4O5/c21-11-5-9-13(7-3-1-2-4-8(7)20(27)28)10-6-12(22)17(26)15(24)19(10)29-18(9)14(23)16(11)25/h1-6H,(H,27,28). The summed E-state index contributed by atoms with van der Waals surface area (Å²) >= 11 is 13.1. The molecule has 0 amide bonds. The van der Waals surface area contributed by atoms with E-state index in [1.165, 1.54) is 6.07 Å². The lowest BCUT2D eigenvalue weighted by atomic mass is 9.91. The van der Waals surface area contributed by atoms with Crippen molar-refractivity contribution in [1.29, 1.82) is 0 Å². The minimum atomic E-state index is -1.10. The van der Waals surface area contributed by atoms with Crippen LogP contribution in [0.25, 0.3) is 33.4 Å². The lowest BCUT2D eigenvalue weighted by Crippen LogP contribution is -2.07. The van der Waals surface area contributed by atoms with Gasteiger partial charge < -0.3 is 9.52 Å². The zero-order valence-electron chi connectivity index (χ0n) is 14.1. The van der Waals surface area contributed by atoms with Crippen molar-refractivity contribution in [2.24, 2.45) is 0 Å². The first-order valence-corrected chi connectivity index (χ1v) is 11.2. The summed E-state index contributed by atoms with van der Waals surface area (Å²) in [7, 11) is 0. The number of fused-ring (bicyclic) bond motifs is 2. The van der Waals surface area contributed by atoms with E-state index in [2.05, 4.69) is 63.7 Å². The van der Waals surface area contributed by atoms with Crippen LogP contribution < -0.4 is 5.43 Å². The lowest BCUT2D eigenvalue weighted by Gasteiger charge is -2.19. The molecule has 4 rings (SSSR count). The van der Waals surface area contributed by atoms with Gasteiger partial charge in [0.15, 0.2) is 11.3 Å². The normalized spacial score (nSPS) is 11.3. The molecule has 2 aromatic carbocycles. The van der Waals surface area contributed by atoms with Crippen molar-refractivity contribution in [3.8, 4) is 28.2 Å². The number of carboxylic acids is 1. The topological polar surface area (TPSA) is 87.4 Å². The van der Waals surface area contributed by atoms with Gasteiger partial charge in [0, 0.05) is 16.5 Å². The molecule has 2 aliphatic rings. The summed E-state index contributed by atoms with van der Waals surface area (Å²) in [6.45, 7) is 0. The van der Waals surface area contributed by atoms with Gasteiger partial charge in [-0.1, -0.05) is 18.2 Å². The van der Waals surface area contributed by atoms with E-state index in [0.29, 0.717) is 31.0 Å². The zero-order chi connectivity index (χ0) is 21.0. The molecule has 9 heteroatoms. The zero-order valence-corrected chi connectivity index (χ0v) is 20.4. The fraction of sp³-hybridized carbons (Fsp3) is 0. The van der Waals surface area contributed by atoms with Gasteiger partial charge in [0.1, 0.15) is 8.95 Å². The van der Waals surface area contributed by atoms with Crippen LogP contribution in [0.2, 0.25) is 0 Å². The number of benzene rings is 3. The molecular formula is C20H7Br4O5. The molecule has 0 unspecified atom stereocenters. The van der Waals surface area contributed by atoms with E-state index in [4.69, 9.17) is 4.42 Å². The third-order valence-corrected chi connectivity index (χ3v) is 7.05. The highest BCUT2D eigenvalue weighted by atomic mass is 79.9. The molecule has 1 radical (unpaired) electrons. The molecule has 0 saturated carbocycles. The Morgan fingerprint density at radius 2 is 1.62 bits per heavy atom. The molecule has 1 aliphatic heterocycles. The number of rotatable bonds is 2. The molecule has 145 valence electrons. The fourth-order valence-electron chi connectivity index (χ4n) is 3.16. The fourth-order valence-corrected chi connectivity index (χ4v) is 5.57. The SMILES string of the molecule is [O]c1c(Br)cc2c(-c3ccccc3C(=O)O)c3cc(Br)c(=O)c(Br)c-3oc2c1Br. The summed E-state index contributed by atoms with van der Waals surface area (Å²) < 4.78 is 6.87. The Labute approximate surface area is 197 Å². The van der Waals surface area contributed by atoms with E-state index in [-0.39, 0.29) is 37.0 Å². The number of aromatic carboxylic acids is 1. The summed E-state index contributed by atoms with van der Waals surface area (Å²) in [4.78, 5) is 24.3. The first kappa shape index (κ1) is 20.6. The van der Waals surface area contributed by atoms with E-state index in [1.54, 1.807) is 30.3 Å². The first-order valence-electron chi connectivity index (χ1n) is 7.98. The maximum Gasteiger partial charge on any atom is 0.336 e. The number of halogens is 4. The van der Waals surface area contributed by atoms with Crippen molar-refractivity contribution in [1.82, 2.24) is 0 Å². The first-order chi connectivity index (χ1) is 13.7. The van der Waals surface area contributed by atoms with Crippen LogP contribution in [0.4, 0.5) is 0 Å². The highest BCUT2D eigenvalue weighted by Crippen LogP contribution is 2.49. The number of carbonyl (C=O) groups is 1. The van der Waals surface area contributed by atoms with Gasteiger partial charge in [0.05, 0.1) is 14.5 Å². The maximum absolute atomic E-state index is 12.4. The summed E-state index contributed by atoms with van der Waals surface area (Å²) in [5, 5.41) is 22.7. The Morgan fingerprint density at radius 1 is 0.931 bits per heavy atom. The van der Waals surface area contributed by atoms with Gasteiger partial charge in [-0.3, -0.25) is 9.90 Å². The van der Waals surface area contributed by atoms with Crippen molar-refractivity contribution in [2.45, 2.75) is 0 Å². The van der Waals surface area contributed by atoms with Gasteiger partial charge >= 0.3 is 5.97 Å². The second-order valence-electron chi connectivity index (χ2n) is 6.08. The van der Waals surface area contributed by atoms with E-state index in [9.17, 15) is 19.8 Å². The molecule has 1 N–H and O–H groups in total. The van der Waals surface area contributed by atoms with Gasteiger partial charge in [-0.05, 0) is 87.5 Å². The van der Waals surface area contributed by atoms with E-state index in [0.717, 1.165) is 0 Å². The average molecular weight is 647 g/mol. The third kappa shape index (κ3) is 3.24. The van der Waals surface area contributed by atoms with Crippen LogP contribution in [-0.4, -0.2) is 11.1 Å². The molecular weight excluding hydrogens is 640 g/mol. The van der Waals surface area contributed by atoms with Gasteiger partial charge in [-0.25, -0.2) is 4.79 Å². The highest BCUT2D eigenvalue weighted by molar-refractivity contribution is 9.11. The second kappa shape index (κ2) is 7.54. The summed E-state index contributed by atoms with van der Waals surface area (Å²) in [5.74, 6) is -1.21. The van der Waals surface area contributed by atoms with Crippen molar-refractivity contribution in [2.75, 3.05) is 0 Å². The quantitative estimate of drug-likeness (QED) is 0.229. The minimum absolute atomic E-state index is 0.0817. The van der Waals surface area contributed by atoms with Crippen LogP contribution in [0.15, 0.2) is 63.5 Å². The summed E-state index contributed by atoms with van der Waals surface area (Å²) in [6.07, 6.45) is 0. The number of hydrogen-bond donors (Lipinski definition) is 1. The largest absolute Gasteiger partial charge is 0.478 e. The van der Waals surface area contributed by atoms with Gasteiger partial charge in [-0.2, -0.15) is 0 Å². The van der Waals surface area contributed by atoms with Crippen LogP contribution in [0.3, 0.4) is 0 Å². The Morgan fingerprint density at radius 3 is 2.31 bits per heavy atom. The van der Waals surface area contributed by atoms with E-state index >= 15 is 0 Å². The Kier molecular flexibility index (Phi) is 5.35. The Balaban J connectivity index is 2.34. The van der Waals surface area contributed by atoms with Crippen molar-refractivity contribution in [3.05, 3.63) is 70.1 Å². The van der Waals surface area contributed by atoms with Crippen LogP contribution in [0.5, 0.6) is 5.75 Å². The maximum atomic E-state index is 12.4. The molecule has 0 spiro atoms. The van der Waals surface area contributed by atoms with Gasteiger partial charge in [-0.15, -0.1) is 0 Å². The average Bonchev–Trinajstić information content (AvgIpc) is 2.69. The van der Waals surface area contributed by atoms with Crippen molar-refractivity contribution < 1.29 is 19.4 Å². The minimum Gasteiger partial charge on any atom is -0.478 e. The van der Waals surface area contributed by atoms with E-state index in [1.807, 2.05) is 0 Å². The Hall–Kier alpha value is -1.68. The third-order valence-electron chi connectivity index (χ3n) is 4.43. The smallest absolute Gasteiger partial charge is 0.336 e. The molecule has 5 nitrogen and oxygen atoms in total. The number of hydrogen-bond acceptors (Lipinski definition) is 3. The van der Waals surface area contributed by atoms with Gasteiger partial charge in [0.25, 0.3) is 0 Å². The lowest BCUT2D eigenvalue weighted by molar-refractivity contribution is 0.0697. The molecule has 1 aliphatic carbocycles. The molecule has 0 saturated heterocycles. The predicted octanol–water partition coefficient (Wildman–Crippen LogP) is 7.46. The van der Waals surface area contributed by atoms with Gasteiger partial charge in [0.2, 0.25) is 11.2 Å². The molecule has 0 bridgehead atoms. The van der Waals surface area contributed by atoms with Crippen LogP contribution in [0.1, 0.15) is 10.4 Å². The predicted molar refractivity (Wildman–Crippen MR) is 122 cm³/mol. The molecule has 2 aromatic rings. The van der Waals surface area contributed by atoms with Crippen molar-refractivity contribution >= 4 is 80.7 Å². The van der Waals surface area contributed by atoms with Crippen LogP contribution in [0, 0.1) is 0 Å². The number of carboxylic acid groups (broad SMARTS) is 1. The molecule has 0 fully saturated rings.